The van der Waals surface area contributed by atoms with E-state index in [1.807, 2.05) is 31.2 Å². The molecule has 0 radical (unpaired) electrons. The summed E-state index contributed by atoms with van der Waals surface area (Å²) in [6, 6.07) is 10.8. The lowest BCUT2D eigenvalue weighted by atomic mass is 10.1. The van der Waals surface area contributed by atoms with E-state index in [1.165, 1.54) is 12.3 Å². The maximum atomic E-state index is 12.2. The zero-order chi connectivity index (χ0) is 19.4. The zero-order valence-electron chi connectivity index (χ0n) is 15.1. The Hall–Kier alpha value is -2.23. The highest BCUT2D eigenvalue weighted by Crippen LogP contribution is 2.14. The maximum Gasteiger partial charge on any atom is 0.242 e. The lowest BCUT2D eigenvalue weighted by Crippen LogP contribution is -2.40. The topological polar surface area (TPSA) is 95.1 Å². The minimum Gasteiger partial charge on any atom is -0.331 e. The van der Waals surface area contributed by atoms with Crippen molar-refractivity contribution in [3.63, 3.8) is 0 Å². The van der Waals surface area contributed by atoms with Crippen LogP contribution in [0.3, 0.4) is 0 Å². The fourth-order valence-corrected chi connectivity index (χ4v) is 3.59. The second-order valence-electron chi connectivity index (χ2n) is 6.75. The fourth-order valence-electron chi connectivity index (χ4n) is 2.06. The molecule has 1 aromatic carbocycles. The Kier molecular flexibility index (Phi) is 6.17. The number of para-hydroxylation sites is 1. The van der Waals surface area contributed by atoms with Gasteiger partial charge in [-0.25, -0.2) is 18.1 Å². The number of hydrogen-bond donors (Lipinski definition) is 4. The third-order valence-corrected chi connectivity index (χ3v) is 5.13. The average Bonchev–Trinajstić information content (AvgIpc) is 2.53. The molecule has 1 aromatic heterocycles. The third kappa shape index (κ3) is 5.94. The summed E-state index contributed by atoms with van der Waals surface area (Å²) in [6.45, 7) is 7.31. The van der Waals surface area contributed by atoms with E-state index < -0.39 is 15.6 Å². The first-order valence-electron chi connectivity index (χ1n) is 7.95. The zero-order valence-corrected chi connectivity index (χ0v) is 16.8. The van der Waals surface area contributed by atoms with E-state index in [1.54, 1.807) is 26.8 Å². The van der Waals surface area contributed by atoms with Gasteiger partial charge in [0.2, 0.25) is 10.0 Å². The lowest BCUT2D eigenvalue weighted by molar-refractivity contribution is 0.491. The van der Waals surface area contributed by atoms with Crippen LogP contribution >= 0.6 is 12.2 Å². The molecule has 0 bridgehead atoms. The molecule has 0 aliphatic rings. The van der Waals surface area contributed by atoms with Crippen molar-refractivity contribution < 1.29 is 8.42 Å². The van der Waals surface area contributed by atoms with Gasteiger partial charge in [-0.15, -0.1) is 0 Å². The van der Waals surface area contributed by atoms with Gasteiger partial charge >= 0.3 is 0 Å². The fraction of sp³-hybridized carbons (Fsp3) is 0.294. The second-order valence-corrected chi connectivity index (χ2v) is 8.84. The summed E-state index contributed by atoms with van der Waals surface area (Å²) >= 11 is 5.22. The molecule has 4 N–H and O–H groups in total. The molecule has 0 saturated carbocycles. The van der Waals surface area contributed by atoms with Gasteiger partial charge in [0.1, 0.15) is 10.7 Å². The number of hydrazine groups is 1. The largest absolute Gasteiger partial charge is 0.331 e. The molecule has 0 fully saturated rings. The molecular formula is C17H23N5O2S2. The Morgan fingerprint density at radius 1 is 1.12 bits per heavy atom. The van der Waals surface area contributed by atoms with Gasteiger partial charge in [0.15, 0.2) is 5.11 Å². The number of rotatable bonds is 5. The number of nitrogens with one attached hydrogen (secondary N) is 4. The average molecular weight is 394 g/mol. The Balaban J connectivity index is 1.95. The predicted molar refractivity (Wildman–Crippen MR) is 108 cm³/mol. The molecule has 2 rings (SSSR count). The molecule has 0 amide bonds. The summed E-state index contributed by atoms with van der Waals surface area (Å²) in [5.41, 5.74) is 7.04. The van der Waals surface area contributed by atoms with E-state index >= 15 is 0 Å². The van der Waals surface area contributed by atoms with Crippen molar-refractivity contribution in [3.8, 4) is 0 Å². The summed E-state index contributed by atoms with van der Waals surface area (Å²) in [7, 11) is -3.61. The smallest absolute Gasteiger partial charge is 0.242 e. The van der Waals surface area contributed by atoms with E-state index in [0.29, 0.717) is 10.9 Å². The Bertz CT molecular complexity index is 875. The predicted octanol–water partition coefficient (Wildman–Crippen LogP) is 2.78. The summed E-state index contributed by atoms with van der Waals surface area (Å²) in [6.07, 6.45) is 1.29. The van der Waals surface area contributed by atoms with Crippen molar-refractivity contribution in [3.05, 3.63) is 48.2 Å². The molecule has 1 heterocycles. The maximum absolute atomic E-state index is 12.2. The highest BCUT2D eigenvalue weighted by Gasteiger charge is 2.22. The molecule has 0 aliphatic carbocycles. The first-order chi connectivity index (χ1) is 12.1. The van der Waals surface area contributed by atoms with Crippen LogP contribution in [0.2, 0.25) is 0 Å². The molecule has 0 aliphatic heterocycles. The number of aromatic nitrogens is 1. The van der Waals surface area contributed by atoms with Crippen LogP contribution in [0.4, 0.5) is 11.5 Å². The summed E-state index contributed by atoms with van der Waals surface area (Å²) < 4.78 is 27.1. The first kappa shape index (κ1) is 20.1. The Labute approximate surface area is 159 Å². The van der Waals surface area contributed by atoms with Crippen molar-refractivity contribution in [2.45, 2.75) is 38.1 Å². The van der Waals surface area contributed by atoms with E-state index in [4.69, 9.17) is 12.2 Å². The van der Waals surface area contributed by atoms with Gasteiger partial charge in [-0.1, -0.05) is 18.2 Å². The monoisotopic (exact) mass is 393 g/mol. The first-order valence-corrected chi connectivity index (χ1v) is 9.85. The van der Waals surface area contributed by atoms with Gasteiger partial charge in [0.25, 0.3) is 0 Å². The van der Waals surface area contributed by atoms with Gasteiger partial charge in [-0.3, -0.25) is 10.9 Å². The van der Waals surface area contributed by atoms with Crippen molar-refractivity contribution in [2.24, 2.45) is 0 Å². The quantitative estimate of drug-likeness (QED) is 0.458. The standard InChI is InChI=1S/C17H23N5O2S2/c1-12-7-5-6-8-14(12)19-16(25)21-20-15-10-9-13(11-18-15)26(23,24)22-17(2,3)4/h5-11,22H,1-4H3,(H,18,20)(H2,19,21,25). The van der Waals surface area contributed by atoms with Gasteiger partial charge < -0.3 is 5.32 Å². The molecule has 140 valence electrons. The van der Waals surface area contributed by atoms with Crippen LogP contribution in [0.25, 0.3) is 0 Å². The minimum absolute atomic E-state index is 0.0959. The molecule has 7 nitrogen and oxygen atoms in total. The Morgan fingerprint density at radius 2 is 1.81 bits per heavy atom. The summed E-state index contributed by atoms with van der Waals surface area (Å²) in [5.74, 6) is 0.439. The summed E-state index contributed by atoms with van der Waals surface area (Å²) in [5, 5.41) is 3.43. The minimum atomic E-state index is -3.61. The van der Waals surface area contributed by atoms with Crippen molar-refractivity contribution in [2.75, 3.05) is 10.7 Å². The highest BCUT2D eigenvalue weighted by atomic mass is 32.2. The van der Waals surface area contributed by atoms with Crippen molar-refractivity contribution in [1.29, 1.82) is 0 Å². The molecule has 0 saturated heterocycles. The van der Waals surface area contributed by atoms with Crippen LogP contribution in [0.1, 0.15) is 26.3 Å². The van der Waals surface area contributed by atoms with E-state index in [-0.39, 0.29) is 4.90 Å². The molecule has 0 atom stereocenters. The lowest BCUT2D eigenvalue weighted by Gasteiger charge is -2.20. The highest BCUT2D eigenvalue weighted by molar-refractivity contribution is 7.89. The third-order valence-electron chi connectivity index (χ3n) is 3.18. The molecule has 26 heavy (non-hydrogen) atoms. The van der Waals surface area contributed by atoms with E-state index in [0.717, 1.165) is 11.3 Å². The normalized spacial score (nSPS) is 11.7. The number of sulfonamides is 1. The molecule has 2 aromatic rings. The van der Waals surface area contributed by atoms with Crippen LogP contribution in [0.5, 0.6) is 0 Å². The number of nitrogens with zero attached hydrogens (tertiary/aromatic N) is 1. The van der Waals surface area contributed by atoms with Gasteiger partial charge in [0.05, 0.1) is 0 Å². The molecule has 0 unspecified atom stereocenters. The van der Waals surface area contributed by atoms with Crippen LogP contribution < -0.4 is 20.9 Å². The van der Waals surface area contributed by atoms with Gasteiger partial charge in [0, 0.05) is 17.4 Å². The van der Waals surface area contributed by atoms with E-state index in [2.05, 4.69) is 25.9 Å². The number of benzene rings is 1. The molecule has 9 heteroatoms. The van der Waals surface area contributed by atoms with Crippen LogP contribution in [0, 0.1) is 6.92 Å². The SMILES string of the molecule is Cc1ccccc1NC(=S)NNc1ccc(S(=O)(=O)NC(C)(C)C)cn1. The van der Waals surface area contributed by atoms with E-state index in [9.17, 15) is 8.42 Å². The Morgan fingerprint density at radius 3 is 2.38 bits per heavy atom. The van der Waals surface area contributed by atoms with Crippen molar-refractivity contribution >= 4 is 38.9 Å². The number of anilines is 2. The number of aryl methyl sites for hydroxylation is 1. The summed E-state index contributed by atoms with van der Waals surface area (Å²) in [4.78, 5) is 4.19. The van der Waals surface area contributed by atoms with Gasteiger partial charge in [-0.2, -0.15) is 0 Å². The number of thiocarbonyl (C=S) groups is 1. The molecule has 0 spiro atoms. The van der Waals surface area contributed by atoms with Crippen LogP contribution in [-0.4, -0.2) is 24.1 Å². The number of pyridine rings is 1. The second kappa shape index (κ2) is 7.98. The van der Waals surface area contributed by atoms with Crippen LogP contribution in [-0.2, 0) is 10.0 Å². The number of hydrogen-bond acceptors (Lipinski definition) is 5. The van der Waals surface area contributed by atoms with Crippen LogP contribution in [0.15, 0.2) is 47.5 Å². The molecular weight excluding hydrogens is 370 g/mol. The van der Waals surface area contributed by atoms with Crippen molar-refractivity contribution in [1.82, 2.24) is 15.1 Å². The van der Waals surface area contributed by atoms with Gasteiger partial charge in [-0.05, 0) is 63.7 Å².